The summed E-state index contributed by atoms with van der Waals surface area (Å²) in [5.74, 6) is 0. The van der Waals surface area contributed by atoms with Gasteiger partial charge in [-0.15, -0.1) is 0 Å². The van der Waals surface area contributed by atoms with Gasteiger partial charge >= 0.3 is 6.18 Å². The van der Waals surface area contributed by atoms with Gasteiger partial charge in [0.15, 0.2) is 0 Å². The van der Waals surface area contributed by atoms with Crippen molar-refractivity contribution in [2.24, 2.45) is 0 Å². The molecule has 1 aromatic heterocycles. The van der Waals surface area contributed by atoms with E-state index in [0.29, 0.717) is 0 Å². The van der Waals surface area contributed by atoms with Crippen LogP contribution in [0.5, 0.6) is 0 Å². The molecular formula is C7H5BrF3NO. The van der Waals surface area contributed by atoms with Gasteiger partial charge in [0.05, 0.1) is 12.2 Å². The molecule has 0 fully saturated rings. The minimum atomic E-state index is -4.47. The molecule has 0 atom stereocenters. The first-order chi connectivity index (χ1) is 5.96. The highest BCUT2D eigenvalue weighted by Gasteiger charge is 2.35. The lowest BCUT2D eigenvalue weighted by molar-refractivity contribution is -0.139. The topological polar surface area (TPSA) is 33.1 Å². The van der Waals surface area contributed by atoms with E-state index < -0.39 is 18.3 Å². The highest BCUT2D eigenvalue weighted by Crippen LogP contribution is 2.36. The predicted octanol–water partition coefficient (Wildman–Crippen LogP) is 2.36. The second-order valence-electron chi connectivity index (χ2n) is 2.31. The summed E-state index contributed by atoms with van der Waals surface area (Å²) in [6.45, 7) is -0.679. The molecule has 0 saturated heterocycles. The lowest BCUT2D eigenvalue weighted by Crippen LogP contribution is -2.10. The summed E-state index contributed by atoms with van der Waals surface area (Å²) in [7, 11) is 0. The summed E-state index contributed by atoms with van der Waals surface area (Å²) in [5, 5.41) is 8.65. The fourth-order valence-electron chi connectivity index (χ4n) is 0.913. The zero-order valence-corrected chi connectivity index (χ0v) is 7.85. The Bertz CT molecular complexity index is 313. The maximum atomic E-state index is 12.3. The molecule has 0 aliphatic carbocycles. The average molecular weight is 256 g/mol. The molecule has 0 aliphatic rings. The van der Waals surface area contributed by atoms with Crippen LogP contribution in [0.15, 0.2) is 16.9 Å². The summed E-state index contributed by atoms with van der Waals surface area (Å²) in [5.41, 5.74) is -1.10. The van der Waals surface area contributed by atoms with Gasteiger partial charge in [0, 0.05) is 22.4 Å². The summed E-state index contributed by atoms with van der Waals surface area (Å²) in [6, 6.07) is 0. The Morgan fingerprint density at radius 1 is 1.38 bits per heavy atom. The molecule has 0 bridgehead atoms. The first kappa shape index (κ1) is 10.5. The molecule has 0 amide bonds. The van der Waals surface area contributed by atoms with Crippen molar-refractivity contribution in [2.75, 3.05) is 0 Å². The largest absolute Gasteiger partial charge is 0.417 e. The van der Waals surface area contributed by atoms with Gasteiger partial charge in [0.25, 0.3) is 0 Å². The molecule has 0 saturated carbocycles. The lowest BCUT2D eigenvalue weighted by atomic mass is 10.1. The van der Waals surface area contributed by atoms with Gasteiger partial charge in [-0.25, -0.2) is 0 Å². The van der Waals surface area contributed by atoms with Gasteiger partial charge in [-0.1, -0.05) is 0 Å². The molecular weight excluding hydrogens is 251 g/mol. The number of hydrogen-bond acceptors (Lipinski definition) is 2. The number of pyridine rings is 1. The highest BCUT2D eigenvalue weighted by atomic mass is 79.9. The molecule has 1 N–H and O–H groups in total. The Labute approximate surface area is 80.5 Å². The fourth-order valence-corrected chi connectivity index (χ4v) is 1.51. The SMILES string of the molecule is OCc1cncc(Br)c1C(F)(F)F. The average Bonchev–Trinajstić information content (AvgIpc) is 2.01. The van der Waals surface area contributed by atoms with Crippen molar-refractivity contribution >= 4 is 15.9 Å². The predicted molar refractivity (Wildman–Crippen MR) is 42.9 cm³/mol. The Hall–Kier alpha value is -0.620. The summed E-state index contributed by atoms with van der Waals surface area (Å²) in [6.07, 6.45) is -2.44. The Morgan fingerprint density at radius 3 is 2.38 bits per heavy atom. The van der Waals surface area contributed by atoms with E-state index in [1.54, 1.807) is 0 Å². The highest BCUT2D eigenvalue weighted by molar-refractivity contribution is 9.10. The van der Waals surface area contributed by atoms with Crippen molar-refractivity contribution in [3.05, 3.63) is 28.0 Å². The Kier molecular flexibility index (Phi) is 2.92. The van der Waals surface area contributed by atoms with Crippen molar-refractivity contribution in [1.29, 1.82) is 0 Å². The standard InChI is InChI=1S/C7H5BrF3NO/c8-5-2-12-1-4(3-13)6(5)7(9,10)11/h1-2,13H,3H2. The molecule has 0 spiro atoms. The molecule has 72 valence electrons. The zero-order valence-electron chi connectivity index (χ0n) is 6.27. The molecule has 6 heteroatoms. The third-order valence-electron chi connectivity index (χ3n) is 1.43. The van der Waals surface area contributed by atoms with Gasteiger partial charge in [0.2, 0.25) is 0 Å². The monoisotopic (exact) mass is 255 g/mol. The fraction of sp³-hybridized carbons (Fsp3) is 0.286. The van der Waals surface area contributed by atoms with E-state index in [1.807, 2.05) is 0 Å². The number of alkyl halides is 3. The van der Waals surface area contributed by atoms with Crippen LogP contribution in [0.2, 0.25) is 0 Å². The van der Waals surface area contributed by atoms with E-state index in [4.69, 9.17) is 5.11 Å². The number of nitrogens with zero attached hydrogens (tertiary/aromatic N) is 1. The third kappa shape index (κ3) is 2.19. The van der Waals surface area contributed by atoms with Gasteiger partial charge in [-0.2, -0.15) is 13.2 Å². The van der Waals surface area contributed by atoms with Crippen LogP contribution in [0.1, 0.15) is 11.1 Å². The van der Waals surface area contributed by atoms with Crippen LogP contribution >= 0.6 is 15.9 Å². The van der Waals surface area contributed by atoms with Crippen LogP contribution in [-0.4, -0.2) is 10.1 Å². The van der Waals surface area contributed by atoms with E-state index in [9.17, 15) is 13.2 Å². The van der Waals surface area contributed by atoms with E-state index in [-0.39, 0.29) is 10.0 Å². The molecule has 0 aliphatic heterocycles. The first-order valence-corrected chi connectivity index (χ1v) is 4.06. The molecule has 0 aromatic carbocycles. The van der Waals surface area contributed by atoms with Gasteiger partial charge < -0.3 is 5.11 Å². The summed E-state index contributed by atoms with van der Waals surface area (Å²) in [4.78, 5) is 3.52. The van der Waals surface area contributed by atoms with Gasteiger partial charge in [-0.3, -0.25) is 4.98 Å². The molecule has 1 heterocycles. The second kappa shape index (κ2) is 3.63. The van der Waals surface area contributed by atoms with Crippen LogP contribution in [0.3, 0.4) is 0 Å². The number of aromatic nitrogens is 1. The number of aliphatic hydroxyl groups is 1. The molecule has 2 nitrogen and oxygen atoms in total. The molecule has 1 rings (SSSR count). The van der Waals surface area contributed by atoms with Gasteiger partial charge in [0.1, 0.15) is 0 Å². The summed E-state index contributed by atoms with van der Waals surface area (Å²) < 4.78 is 36.8. The minimum Gasteiger partial charge on any atom is -0.392 e. The first-order valence-electron chi connectivity index (χ1n) is 3.27. The number of halogens is 4. The van der Waals surface area contributed by atoms with Crippen LogP contribution in [0.25, 0.3) is 0 Å². The summed E-state index contributed by atoms with van der Waals surface area (Å²) >= 11 is 2.73. The maximum Gasteiger partial charge on any atom is 0.417 e. The van der Waals surface area contributed by atoms with E-state index in [2.05, 4.69) is 20.9 Å². The van der Waals surface area contributed by atoms with Crippen molar-refractivity contribution in [1.82, 2.24) is 4.98 Å². The Morgan fingerprint density at radius 2 is 2.00 bits per heavy atom. The molecule has 0 unspecified atom stereocenters. The molecule has 1 aromatic rings. The minimum absolute atomic E-state index is 0.161. The number of rotatable bonds is 1. The Balaban J connectivity index is 3.32. The zero-order chi connectivity index (χ0) is 10.1. The lowest BCUT2D eigenvalue weighted by Gasteiger charge is -2.11. The van der Waals surface area contributed by atoms with Crippen LogP contribution < -0.4 is 0 Å². The van der Waals surface area contributed by atoms with Crippen molar-refractivity contribution in [2.45, 2.75) is 12.8 Å². The maximum absolute atomic E-state index is 12.3. The molecule has 0 radical (unpaired) electrons. The van der Waals surface area contributed by atoms with Crippen LogP contribution in [0, 0.1) is 0 Å². The van der Waals surface area contributed by atoms with E-state index in [0.717, 1.165) is 12.4 Å². The quantitative estimate of drug-likeness (QED) is 0.836. The smallest absolute Gasteiger partial charge is 0.392 e. The van der Waals surface area contributed by atoms with Crippen LogP contribution in [0.4, 0.5) is 13.2 Å². The third-order valence-corrected chi connectivity index (χ3v) is 2.03. The van der Waals surface area contributed by atoms with Crippen molar-refractivity contribution in [3.8, 4) is 0 Å². The van der Waals surface area contributed by atoms with E-state index in [1.165, 1.54) is 0 Å². The number of hydrogen-bond donors (Lipinski definition) is 1. The number of aliphatic hydroxyl groups excluding tert-OH is 1. The molecule has 13 heavy (non-hydrogen) atoms. The van der Waals surface area contributed by atoms with Crippen molar-refractivity contribution in [3.63, 3.8) is 0 Å². The second-order valence-corrected chi connectivity index (χ2v) is 3.17. The van der Waals surface area contributed by atoms with Crippen molar-refractivity contribution < 1.29 is 18.3 Å². The van der Waals surface area contributed by atoms with Crippen LogP contribution in [-0.2, 0) is 12.8 Å². The van der Waals surface area contributed by atoms with Gasteiger partial charge in [-0.05, 0) is 15.9 Å². The van der Waals surface area contributed by atoms with E-state index >= 15 is 0 Å². The normalized spacial score (nSPS) is 11.8.